The van der Waals surface area contributed by atoms with E-state index in [2.05, 4.69) is 14.9 Å². The molecule has 1 aliphatic heterocycles. The van der Waals surface area contributed by atoms with Crippen LogP contribution in [0.5, 0.6) is 5.75 Å². The van der Waals surface area contributed by atoms with Gasteiger partial charge in [0.1, 0.15) is 17.9 Å². The molecule has 0 saturated heterocycles. The van der Waals surface area contributed by atoms with Gasteiger partial charge in [-0.25, -0.2) is 0 Å². The van der Waals surface area contributed by atoms with Crippen molar-refractivity contribution in [1.29, 1.82) is 0 Å². The molecule has 20 heavy (non-hydrogen) atoms. The number of carbonyl (C=O) groups is 1. The molecule has 0 fully saturated rings. The second-order valence-electron chi connectivity index (χ2n) is 4.76. The summed E-state index contributed by atoms with van der Waals surface area (Å²) < 4.78 is 9.30. The normalized spacial score (nSPS) is 20.9. The zero-order chi connectivity index (χ0) is 14.0. The molecule has 3 rings (SSSR count). The van der Waals surface area contributed by atoms with Crippen molar-refractivity contribution in [2.45, 2.75) is 12.0 Å². The van der Waals surface area contributed by atoms with Crippen LogP contribution in [0.25, 0.3) is 0 Å². The maximum absolute atomic E-state index is 12.1. The predicted octanol–water partition coefficient (Wildman–Crippen LogP) is 0.634. The summed E-state index contributed by atoms with van der Waals surface area (Å²) in [5, 5.41) is 17.8. The standard InChI is InChI=1S/C13H13N3O3S/c17-7-13(14-12(18)10-6-20-16-15-10)5-9-3-1-2-4-11(9)19-8-13/h1-4,6,17H,5,7-8H2,(H,14,18)/t13-/m1/s1. The van der Waals surface area contributed by atoms with Gasteiger partial charge in [-0.05, 0) is 23.2 Å². The summed E-state index contributed by atoms with van der Waals surface area (Å²) in [4.78, 5) is 12.1. The van der Waals surface area contributed by atoms with Crippen LogP contribution in [-0.2, 0) is 6.42 Å². The van der Waals surface area contributed by atoms with E-state index in [0.717, 1.165) is 22.8 Å². The number of aliphatic hydroxyl groups excluding tert-OH is 1. The topological polar surface area (TPSA) is 84.3 Å². The van der Waals surface area contributed by atoms with E-state index in [1.807, 2.05) is 24.3 Å². The van der Waals surface area contributed by atoms with Gasteiger partial charge in [-0.3, -0.25) is 4.79 Å². The Bertz CT molecular complexity index is 617. The molecule has 104 valence electrons. The van der Waals surface area contributed by atoms with Gasteiger partial charge in [-0.1, -0.05) is 22.7 Å². The Morgan fingerprint density at radius 2 is 2.35 bits per heavy atom. The summed E-state index contributed by atoms with van der Waals surface area (Å²) in [7, 11) is 0. The minimum Gasteiger partial charge on any atom is -0.491 e. The van der Waals surface area contributed by atoms with E-state index < -0.39 is 5.54 Å². The second-order valence-corrected chi connectivity index (χ2v) is 5.37. The molecule has 6 nitrogen and oxygen atoms in total. The molecule has 1 aromatic heterocycles. The van der Waals surface area contributed by atoms with Gasteiger partial charge in [-0.15, -0.1) is 5.10 Å². The van der Waals surface area contributed by atoms with E-state index in [-0.39, 0.29) is 24.8 Å². The molecule has 0 bridgehead atoms. The number of hydrogen-bond donors (Lipinski definition) is 2. The van der Waals surface area contributed by atoms with E-state index >= 15 is 0 Å². The number of para-hydroxylation sites is 1. The third kappa shape index (κ3) is 2.37. The number of benzene rings is 1. The lowest BCUT2D eigenvalue weighted by atomic mass is 9.89. The van der Waals surface area contributed by atoms with Gasteiger partial charge in [0.2, 0.25) is 0 Å². The molecule has 0 radical (unpaired) electrons. The molecular formula is C13H13N3O3S. The Balaban J connectivity index is 1.81. The fraction of sp³-hybridized carbons (Fsp3) is 0.308. The van der Waals surface area contributed by atoms with Crippen LogP contribution in [0.1, 0.15) is 16.1 Å². The lowest BCUT2D eigenvalue weighted by Gasteiger charge is -2.37. The molecule has 0 saturated carbocycles. The highest BCUT2D eigenvalue weighted by Gasteiger charge is 2.37. The molecule has 1 aromatic carbocycles. The predicted molar refractivity (Wildman–Crippen MR) is 72.8 cm³/mol. The summed E-state index contributed by atoms with van der Waals surface area (Å²) in [5.74, 6) is 0.442. The summed E-state index contributed by atoms with van der Waals surface area (Å²) in [5.41, 5.74) is 0.390. The maximum atomic E-state index is 12.1. The summed E-state index contributed by atoms with van der Waals surface area (Å²) >= 11 is 1.11. The molecule has 1 amide bonds. The van der Waals surface area contributed by atoms with Gasteiger partial charge < -0.3 is 15.2 Å². The van der Waals surface area contributed by atoms with Crippen LogP contribution in [0.4, 0.5) is 0 Å². The fourth-order valence-electron chi connectivity index (χ4n) is 2.21. The van der Waals surface area contributed by atoms with E-state index in [1.54, 1.807) is 5.38 Å². The first kappa shape index (κ1) is 13.0. The Kier molecular flexibility index (Phi) is 3.37. The first-order chi connectivity index (χ1) is 9.72. The smallest absolute Gasteiger partial charge is 0.273 e. The zero-order valence-electron chi connectivity index (χ0n) is 10.6. The molecule has 0 unspecified atom stereocenters. The van der Waals surface area contributed by atoms with Crippen molar-refractivity contribution in [3.8, 4) is 5.75 Å². The second kappa shape index (κ2) is 5.18. The lowest BCUT2D eigenvalue weighted by molar-refractivity contribution is 0.0649. The Hall–Kier alpha value is -1.99. The van der Waals surface area contributed by atoms with Gasteiger partial charge in [0.15, 0.2) is 5.69 Å². The van der Waals surface area contributed by atoms with Gasteiger partial charge in [0.05, 0.1) is 6.61 Å². The summed E-state index contributed by atoms with van der Waals surface area (Å²) in [6.45, 7) is 0.0223. The number of nitrogens with one attached hydrogen (secondary N) is 1. The number of nitrogens with zero attached hydrogens (tertiary/aromatic N) is 2. The highest BCUT2D eigenvalue weighted by Crippen LogP contribution is 2.29. The highest BCUT2D eigenvalue weighted by molar-refractivity contribution is 7.03. The van der Waals surface area contributed by atoms with Crippen molar-refractivity contribution in [2.24, 2.45) is 0 Å². The number of hydrogen-bond acceptors (Lipinski definition) is 6. The Morgan fingerprint density at radius 3 is 3.10 bits per heavy atom. The van der Waals surface area contributed by atoms with E-state index in [9.17, 15) is 9.90 Å². The zero-order valence-corrected chi connectivity index (χ0v) is 11.4. The van der Waals surface area contributed by atoms with Crippen molar-refractivity contribution >= 4 is 17.4 Å². The van der Waals surface area contributed by atoms with Crippen molar-refractivity contribution in [1.82, 2.24) is 14.9 Å². The van der Waals surface area contributed by atoms with Crippen LogP contribution in [0, 0.1) is 0 Å². The van der Waals surface area contributed by atoms with Crippen LogP contribution in [0.2, 0.25) is 0 Å². The Labute approximate surface area is 119 Å². The molecule has 0 aliphatic carbocycles. The van der Waals surface area contributed by atoms with Gasteiger partial charge in [-0.2, -0.15) is 0 Å². The SMILES string of the molecule is O=C(N[C@]1(CO)COc2ccccc2C1)c1csnn1. The average Bonchev–Trinajstić information content (AvgIpc) is 3.01. The summed E-state index contributed by atoms with van der Waals surface area (Å²) in [6.07, 6.45) is 0.517. The van der Waals surface area contributed by atoms with Crippen LogP contribution in [0.3, 0.4) is 0 Å². The molecule has 0 spiro atoms. The fourth-order valence-corrected chi connectivity index (χ4v) is 2.65. The van der Waals surface area contributed by atoms with E-state index in [1.165, 1.54) is 0 Å². The largest absolute Gasteiger partial charge is 0.491 e. The molecule has 7 heteroatoms. The molecule has 2 heterocycles. The Morgan fingerprint density at radius 1 is 1.50 bits per heavy atom. The van der Waals surface area contributed by atoms with Crippen molar-refractivity contribution < 1.29 is 14.6 Å². The van der Waals surface area contributed by atoms with Crippen LogP contribution >= 0.6 is 11.5 Å². The lowest BCUT2D eigenvalue weighted by Crippen LogP contribution is -2.58. The quantitative estimate of drug-likeness (QED) is 0.866. The maximum Gasteiger partial charge on any atom is 0.273 e. The number of fused-ring (bicyclic) bond motifs is 1. The molecule has 2 aromatic rings. The van der Waals surface area contributed by atoms with Crippen LogP contribution in [0.15, 0.2) is 29.6 Å². The molecular weight excluding hydrogens is 278 g/mol. The number of aromatic nitrogens is 2. The highest BCUT2D eigenvalue weighted by atomic mass is 32.1. The van der Waals surface area contributed by atoms with Gasteiger partial charge >= 0.3 is 0 Å². The average molecular weight is 291 g/mol. The number of rotatable bonds is 3. The van der Waals surface area contributed by atoms with Crippen molar-refractivity contribution in [3.05, 3.63) is 40.9 Å². The minimum absolute atomic E-state index is 0.204. The minimum atomic E-state index is -0.824. The van der Waals surface area contributed by atoms with E-state index in [0.29, 0.717) is 6.42 Å². The summed E-state index contributed by atoms with van der Waals surface area (Å²) in [6, 6.07) is 7.60. The van der Waals surface area contributed by atoms with Crippen LogP contribution < -0.4 is 10.1 Å². The molecule has 1 atom stereocenters. The van der Waals surface area contributed by atoms with Gasteiger partial charge in [0, 0.05) is 11.8 Å². The third-order valence-electron chi connectivity index (χ3n) is 3.28. The first-order valence-electron chi connectivity index (χ1n) is 6.14. The number of carbonyl (C=O) groups excluding carboxylic acids is 1. The molecule has 1 aliphatic rings. The van der Waals surface area contributed by atoms with E-state index in [4.69, 9.17) is 4.74 Å². The van der Waals surface area contributed by atoms with Crippen molar-refractivity contribution in [2.75, 3.05) is 13.2 Å². The number of ether oxygens (including phenoxy) is 1. The molecule has 2 N–H and O–H groups in total. The van der Waals surface area contributed by atoms with Crippen molar-refractivity contribution in [3.63, 3.8) is 0 Å². The number of amides is 1. The van der Waals surface area contributed by atoms with Gasteiger partial charge in [0.25, 0.3) is 5.91 Å². The first-order valence-corrected chi connectivity index (χ1v) is 6.97. The monoisotopic (exact) mass is 291 g/mol. The third-order valence-corrected chi connectivity index (χ3v) is 3.78. The number of aliphatic hydroxyl groups is 1. The van der Waals surface area contributed by atoms with Crippen LogP contribution in [-0.4, -0.2) is 39.4 Å².